The highest BCUT2D eigenvalue weighted by Gasteiger charge is 2.27. The molecular weight excluding hydrogens is 296 g/mol. The summed E-state index contributed by atoms with van der Waals surface area (Å²) in [4.78, 5) is 23.0. The van der Waals surface area contributed by atoms with E-state index in [1.807, 2.05) is 6.07 Å². The van der Waals surface area contributed by atoms with E-state index in [9.17, 15) is 9.59 Å². The van der Waals surface area contributed by atoms with E-state index >= 15 is 0 Å². The Labute approximate surface area is 128 Å². The van der Waals surface area contributed by atoms with Crippen LogP contribution in [0, 0.1) is 5.92 Å². The Morgan fingerprint density at radius 3 is 2.29 bits per heavy atom. The van der Waals surface area contributed by atoms with Crippen molar-refractivity contribution in [2.45, 2.75) is 6.42 Å². The van der Waals surface area contributed by atoms with Crippen molar-refractivity contribution in [3.63, 3.8) is 0 Å². The quantitative estimate of drug-likeness (QED) is 0.597. The molecule has 0 atom stereocenters. The highest BCUT2D eigenvalue weighted by molar-refractivity contribution is 6.32. The van der Waals surface area contributed by atoms with Gasteiger partial charge in [-0.3, -0.25) is 9.59 Å². The van der Waals surface area contributed by atoms with Crippen LogP contribution in [0.15, 0.2) is 24.3 Å². The van der Waals surface area contributed by atoms with E-state index in [1.54, 1.807) is 24.3 Å². The fraction of sp³-hybridized carbons (Fsp3) is 0.333. The van der Waals surface area contributed by atoms with Gasteiger partial charge in [0.05, 0.1) is 26.4 Å². The molecular formula is C15H17ClO5. The number of allylic oxidation sites excluding steroid dienone is 1. The van der Waals surface area contributed by atoms with Gasteiger partial charge >= 0.3 is 11.9 Å². The Hall–Kier alpha value is -2.01. The molecule has 0 heterocycles. The molecule has 0 spiro atoms. The minimum Gasteiger partial charge on any atom is -0.495 e. The van der Waals surface area contributed by atoms with Crippen molar-refractivity contribution in [2.75, 3.05) is 21.3 Å². The second-order valence-electron chi connectivity index (χ2n) is 4.13. The molecule has 0 amide bonds. The Morgan fingerprint density at radius 1 is 1.19 bits per heavy atom. The summed E-state index contributed by atoms with van der Waals surface area (Å²) >= 11 is 6.01. The standard InChI is InChI=1S/C15H17ClO5/c1-19-13-8-7-10(9-12(13)16)5-4-6-11(14(17)20-2)15(18)21-3/h4-5,7-9,11H,6H2,1-3H3/b5-4+. The lowest BCUT2D eigenvalue weighted by Crippen LogP contribution is -2.25. The number of halogens is 1. The van der Waals surface area contributed by atoms with E-state index in [-0.39, 0.29) is 6.42 Å². The van der Waals surface area contributed by atoms with Crippen LogP contribution >= 0.6 is 11.6 Å². The molecule has 1 rings (SSSR count). The molecule has 0 saturated heterocycles. The normalized spacial score (nSPS) is 10.7. The van der Waals surface area contributed by atoms with E-state index in [2.05, 4.69) is 9.47 Å². The maximum atomic E-state index is 11.5. The summed E-state index contributed by atoms with van der Waals surface area (Å²) in [5, 5.41) is 0.483. The molecule has 21 heavy (non-hydrogen) atoms. The number of methoxy groups -OCH3 is 3. The monoisotopic (exact) mass is 312 g/mol. The summed E-state index contributed by atoms with van der Waals surface area (Å²) in [7, 11) is 3.99. The predicted molar refractivity (Wildman–Crippen MR) is 79.2 cm³/mol. The van der Waals surface area contributed by atoms with Gasteiger partial charge < -0.3 is 14.2 Å². The van der Waals surface area contributed by atoms with Gasteiger partial charge in [-0.15, -0.1) is 0 Å². The summed E-state index contributed by atoms with van der Waals surface area (Å²) in [5.41, 5.74) is 0.828. The number of benzene rings is 1. The average Bonchev–Trinajstić information content (AvgIpc) is 2.50. The number of ether oxygens (including phenoxy) is 3. The molecule has 1 aromatic rings. The molecule has 1 aromatic carbocycles. The smallest absolute Gasteiger partial charge is 0.320 e. The van der Waals surface area contributed by atoms with Gasteiger partial charge in [0.2, 0.25) is 0 Å². The van der Waals surface area contributed by atoms with Gasteiger partial charge in [-0.25, -0.2) is 0 Å². The first-order valence-corrected chi connectivity index (χ1v) is 6.57. The Morgan fingerprint density at radius 2 is 1.81 bits per heavy atom. The van der Waals surface area contributed by atoms with Crippen LogP contribution in [-0.2, 0) is 19.1 Å². The third-order valence-electron chi connectivity index (χ3n) is 2.83. The molecule has 0 fully saturated rings. The van der Waals surface area contributed by atoms with Crippen LogP contribution in [0.1, 0.15) is 12.0 Å². The lowest BCUT2D eigenvalue weighted by molar-refractivity contribution is -0.158. The molecule has 114 valence electrons. The molecule has 0 bridgehead atoms. The van der Waals surface area contributed by atoms with Crippen LogP contribution in [-0.4, -0.2) is 33.3 Å². The minimum atomic E-state index is -0.968. The summed E-state index contributed by atoms with van der Waals surface area (Å²) in [6.07, 6.45) is 3.63. The topological polar surface area (TPSA) is 61.8 Å². The number of carbonyl (C=O) groups excluding carboxylic acids is 2. The third-order valence-corrected chi connectivity index (χ3v) is 3.12. The largest absolute Gasteiger partial charge is 0.495 e. The SMILES string of the molecule is COC(=O)C(C/C=C/c1ccc(OC)c(Cl)c1)C(=O)OC. The van der Waals surface area contributed by atoms with Crippen LogP contribution in [0.5, 0.6) is 5.75 Å². The van der Waals surface area contributed by atoms with Crippen LogP contribution in [0.2, 0.25) is 5.02 Å². The lowest BCUT2D eigenvalue weighted by Gasteiger charge is -2.09. The van der Waals surface area contributed by atoms with Gasteiger partial charge in [0, 0.05) is 0 Å². The Balaban J connectivity index is 2.77. The fourth-order valence-corrected chi connectivity index (χ4v) is 1.97. The van der Waals surface area contributed by atoms with E-state index in [0.717, 1.165) is 5.56 Å². The Kier molecular flexibility index (Phi) is 6.75. The number of hydrogen-bond donors (Lipinski definition) is 0. The van der Waals surface area contributed by atoms with E-state index in [0.29, 0.717) is 10.8 Å². The van der Waals surface area contributed by atoms with Crippen molar-refractivity contribution in [1.29, 1.82) is 0 Å². The maximum Gasteiger partial charge on any atom is 0.320 e. The molecule has 0 aliphatic carbocycles. The summed E-state index contributed by atoms with van der Waals surface area (Å²) in [6.45, 7) is 0. The van der Waals surface area contributed by atoms with Gasteiger partial charge in [0.1, 0.15) is 5.75 Å². The molecule has 5 nitrogen and oxygen atoms in total. The van der Waals surface area contributed by atoms with Gasteiger partial charge in [-0.05, 0) is 24.1 Å². The van der Waals surface area contributed by atoms with Crippen molar-refractivity contribution < 1.29 is 23.8 Å². The van der Waals surface area contributed by atoms with Gasteiger partial charge in [0.15, 0.2) is 5.92 Å². The van der Waals surface area contributed by atoms with Gasteiger partial charge in [0.25, 0.3) is 0 Å². The zero-order chi connectivity index (χ0) is 15.8. The average molecular weight is 313 g/mol. The third kappa shape index (κ3) is 4.79. The molecule has 0 unspecified atom stereocenters. The Bertz CT molecular complexity index is 523. The molecule has 0 radical (unpaired) electrons. The van der Waals surface area contributed by atoms with Crippen LogP contribution in [0.3, 0.4) is 0 Å². The summed E-state index contributed by atoms with van der Waals surface area (Å²) < 4.78 is 14.2. The molecule has 0 aliphatic heterocycles. The lowest BCUT2D eigenvalue weighted by atomic mass is 10.0. The van der Waals surface area contributed by atoms with Crippen molar-refractivity contribution in [3.8, 4) is 5.75 Å². The minimum absolute atomic E-state index is 0.184. The fourth-order valence-electron chi connectivity index (χ4n) is 1.70. The second kappa shape index (κ2) is 8.32. The second-order valence-corrected chi connectivity index (χ2v) is 4.54. The summed E-state index contributed by atoms with van der Waals surface area (Å²) in [6, 6.07) is 5.27. The van der Waals surface area contributed by atoms with Crippen LogP contribution in [0.4, 0.5) is 0 Å². The first-order chi connectivity index (χ1) is 10.0. The number of carbonyl (C=O) groups is 2. The van der Waals surface area contributed by atoms with E-state index < -0.39 is 17.9 Å². The van der Waals surface area contributed by atoms with Crippen LogP contribution < -0.4 is 4.74 Å². The number of hydrogen-bond acceptors (Lipinski definition) is 5. The molecule has 0 aromatic heterocycles. The first-order valence-electron chi connectivity index (χ1n) is 6.19. The molecule has 0 N–H and O–H groups in total. The maximum absolute atomic E-state index is 11.5. The number of esters is 2. The zero-order valence-electron chi connectivity index (χ0n) is 12.1. The zero-order valence-corrected chi connectivity index (χ0v) is 12.8. The van der Waals surface area contributed by atoms with Crippen molar-refractivity contribution in [1.82, 2.24) is 0 Å². The van der Waals surface area contributed by atoms with Crippen molar-refractivity contribution in [3.05, 3.63) is 34.9 Å². The van der Waals surface area contributed by atoms with Gasteiger partial charge in [-0.2, -0.15) is 0 Å². The number of rotatable bonds is 6. The highest BCUT2D eigenvalue weighted by Crippen LogP contribution is 2.25. The first kappa shape index (κ1) is 17.0. The molecule has 0 saturated carbocycles. The van der Waals surface area contributed by atoms with Crippen molar-refractivity contribution >= 4 is 29.6 Å². The highest BCUT2D eigenvalue weighted by atomic mass is 35.5. The van der Waals surface area contributed by atoms with E-state index in [4.69, 9.17) is 16.3 Å². The van der Waals surface area contributed by atoms with E-state index in [1.165, 1.54) is 21.3 Å². The molecule has 0 aliphatic rings. The van der Waals surface area contributed by atoms with Crippen LogP contribution in [0.25, 0.3) is 6.08 Å². The summed E-state index contributed by atoms with van der Waals surface area (Å²) in [5.74, 6) is -1.64. The van der Waals surface area contributed by atoms with Crippen molar-refractivity contribution in [2.24, 2.45) is 5.92 Å². The molecule has 6 heteroatoms. The van der Waals surface area contributed by atoms with Gasteiger partial charge in [-0.1, -0.05) is 29.8 Å². The predicted octanol–water partition coefficient (Wildman–Crippen LogP) is 2.71.